The molecule has 0 aromatic carbocycles. The number of carbonyl (C=O) groups is 3. The van der Waals surface area contributed by atoms with E-state index in [1.807, 2.05) is 0 Å². The summed E-state index contributed by atoms with van der Waals surface area (Å²) in [6.07, 6.45) is 0. The Kier molecular flexibility index (Phi) is 7.51. The quantitative estimate of drug-likeness (QED) is 0.283. The molecule has 0 aromatic rings. The maximum atomic E-state index is 11.7. The number of rotatable bonds is 7. The van der Waals surface area contributed by atoms with E-state index in [4.69, 9.17) is 15.5 Å². The average molecular weight is 324 g/mol. The van der Waals surface area contributed by atoms with Gasteiger partial charge in [0.05, 0.1) is 6.54 Å². The van der Waals surface area contributed by atoms with Crippen molar-refractivity contribution in [3.05, 3.63) is 0 Å². The Hall–Kier alpha value is -1.48. The van der Waals surface area contributed by atoms with E-state index in [9.17, 15) is 18.9 Å². The summed E-state index contributed by atoms with van der Waals surface area (Å²) in [6, 6.07) is -1.92. The molecule has 0 bridgehead atoms. The van der Waals surface area contributed by atoms with Gasteiger partial charge in [-0.05, 0) is 20.8 Å². The van der Waals surface area contributed by atoms with Crippen LogP contribution in [0.1, 0.15) is 20.8 Å². The molecule has 0 unspecified atom stereocenters. The molecular formula is C10H21N4O6P. The molecule has 0 fully saturated rings. The van der Waals surface area contributed by atoms with E-state index < -0.39 is 43.2 Å². The Morgan fingerprint density at radius 2 is 1.43 bits per heavy atom. The Bertz CT molecular complexity index is 451. The highest BCUT2D eigenvalue weighted by molar-refractivity contribution is 7.52. The molecule has 11 heteroatoms. The van der Waals surface area contributed by atoms with Crippen molar-refractivity contribution in [1.29, 1.82) is 0 Å². The minimum Gasteiger partial charge on any atom is -0.343 e. The molecule has 0 rings (SSSR count). The molecule has 0 heterocycles. The lowest BCUT2D eigenvalue weighted by Crippen LogP contribution is -2.53. The minimum atomic E-state index is -4.44. The Labute approximate surface area is 122 Å². The second kappa shape index (κ2) is 8.08. The first-order valence-corrected chi connectivity index (χ1v) is 7.82. The van der Waals surface area contributed by atoms with Gasteiger partial charge in [-0.25, -0.2) is 0 Å². The number of amides is 3. The number of hydrogen-bond acceptors (Lipinski definition) is 5. The van der Waals surface area contributed by atoms with Crippen LogP contribution in [0.15, 0.2) is 0 Å². The van der Waals surface area contributed by atoms with Crippen LogP contribution in [0.4, 0.5) is 0 Å². The van der Waals surface area contributed by atoms with Crippen LogP contribution < -0.4 is 21.7 Å². The third kappa shape index (κ3) is 7.19. The first kappa shape index (κ1) is 19.5. The van der Waals surface area contributed by atoms with E-state index in [1.54, 1.807) is 0 Å². The van der Waals surface area contributed by atoms with Crippen molar-refractivity contribution >= 4 is 25.3 Å². The lowest BCUT2D eigenvalue weighted by Gasteiger charge is -2.21. The molecule has 0 aliphatic carbocycles. The highest BCUT2D eigenvalue weighted by atomic mass is 31.2. The summed E-state index contributed by atoms with van der Waals surface area (Å²) in [5, 5.41) is 6.70. The molecule has 3 atom stereocenters. The molecule has 21 heavy (non-hydrogen) atoms. The summed E-state index contributed by atoms with van der Waals surface area (Å²) in [5.41, 5.74) is 5.08. The Morgan fingerprint density at radius 1 is 1.00 bits per heavy atom. The van der Waals surface area contributed by atoms with Gasteiger partial charge in [-0.1, -0.05) is 0 Å². The van der Waals surface area contributed by atoms with Crippen LogP contribution in [-0.4, -0.2) is 51.9 Å². The molecule has 0 saturated carbocycles. The van der Waals surface area contributed by atoms with Crippen LogP contribution in [0.25, 0.3) is 0 Å². The third-order valence-electron chi connectivity index (χ3n) is 2.56. The number of nitrogens with two attached hydrogens (primary N) is 1. The number of carbonyl (C=O) groups excluding carboxylic acids is 3. The predicted octanol–water partition coefficient (Wildman–Crippen LogP) is -2.41. The first-order chi connectivity index (χ1) is 9.48. The summed E-state index contributed by atoms with van der Waals surface area (Å²) in [7, 11) is -4.44. The smallest absolute Gasteiger partial charge is 0.343 e. The minimum absolute atomic E-state index is 0.270. The molecule has 0 aromatic heterocycles. The van der Waals surface area contributed by atoms with E-state index in [1.165, 1.54) is 13.8 Å². The average Bonchev–Trinajstić information content (AvgIpc) is 2.36. The molecule has 0 aliphatic heterocycles. The SMILES string of the molecule is C[C@H](NC(=O)CN)C(=O)N[C@@H](C)C(=O)N[C@@H](C)P(=O)(O)O. The van der Waals surface area contributed by atoms with Gasteiger partial charge in [-0.15, -0.1) is 0 Å². The van der Waals surface area contributed by atoms with Gasteiger partial charge in [0.2, 0.25) is 17.7 Å². The first-order valence-electron chi connectivity index (χ1n) is 6.14. The zero-order valence-corrected chi connectivity index (χ0v) is 12.9. The highest BCUT2D eigenvalue weighted by Gasteiger charge is 2.28. The van der Waals surface area contributed by atoms with Gasteiger partial charge in [0.15, 0.2) is 0 Å². The largest absolute Gasteiger partial charge is 0.347 e. The van der Waals surface area contributed by atoms with Gasteiger partial charge in [-0.3, -0.25) is 18.9 Å². The van der Waals surface area contributed by atoms with E-state index in [0.717, 1.165) is 6.92 Å². The monoisotopic (exact) mass is 324 g/mol. The van der Waals surface area contributed by atoms with Gasteiger partial charge >= 0.3 is 7.60 Å². The van der Waals surface area contributed by atoms with Crippen molar-refractivity contribution < 1.29 is 28.7 Å². The van der Waals surface area contributed by atoms with Gasteiger partial charge in [-0.2, -0.15) is 0 Å². The molecular weight excluding hydrogens is 303 g/mol. The molecule has 0 saturated heterocycles. The van der Waals surface area contributed by atoms with E-state index in [-0.39, 0.29) is 6.54 Å². The van der Waals surface area contributed by atoms with Crippen LogP contribution in [-0.2, 0) is 18.9 Å². The molecule has 10 nitrogen and oxygen atoms in total. The number of nitrogens with one attached hydrogen (secondary N) is 3. The van der Waals surface area contributed by atoms with Crippen molar-refractivity contribution in [3.8, 4) is 0 Å². The van der Waals surface area contributed by atoms with Gasteiger partial charge < -0.3 is 31.5 Å². The zero-order valence-electron chi connectivity index (χ0n) is 12.0. The Morgan fingerprint density at radius 3 is 1.86 bits per heavy atom. The highest BCUT2D eigenvalue weighted by Crippen LogP contribution is 2.38. The fourth-order valence-electron chi connectivity index (χ4n) is 1.18. The third-order valence-corrected chi connectivity index (χ3v) is 3.70. The van der Waals surface area contributed by atoms with Gasteiger partial charge in [0, 0.05) is 0 Å². The predicted molar refractivity (Wildman–Crippen MR) is 73.9 cm³/mol. The number of hydrogen-bond donors (Lipinski definition) is 6. The van der Waals surface area contributed by atoms with E-state index >= 15 is 0 Å². The lowest BCUT2D eigenvalue weighted by molar-refractivity contribution is -0.131. The molecule has 7 N–H and O–H groups in total. The summed E-state index contributed by atoms with van der Waals surface area (Å²) in [4.78, 5) is 52.1. The fourth-order valence-corrected chi connectivity index (χ4v) is 1.48. The van der Waals surface area contributed by atoms with Crippen LogP contribution in [0, 0.1) is 0 Å². The Balaban J connectivity index is 4.44. The summed E-state index contributed by atoms with van der Waals surface area (Å²) < 4.78 is 10.9. The summed E-state index contributed by atoms with van der Waals surface area (Å²) in [5.74, 6) is -3.26. The summed E-state index contributed by atoms with van der Waals surface area (Å²) >= 11 is 0. The van der Waals surface area contributed by atoms with Gasteiger partial charge in [0.1, 0.15) is 17.9 Å². The van der Waals surface area contributed by atoms with Crippen LogP contribution in [0.2, 0.25) is 0 Å². The lowest BCUT2D eigenvalue weighted by atomic mass is 10.2. The fraction of sp³-hybridized carbons (Fsp3) is 0.700. The molecule has 122 valence electrons. The van der Waals surface area contributed by atoms with Crippen LogP contribution in [0.3, 0.4) is 0 Å². The second-order valence-corrected chi connectivity index (χ2v) is 6.45. The van der Waals surface area contributed by atoms with Crippen molar-refractivity contribution in [3.63, 3.8) is 0 Å². The molecule has 0 spiro atoms. The molecule has 0 radical (unpaired) electrons. The van der Waals surface area contributed by atoms with Crippen molar-refractivity contribution in [2.24, 2.45) is 5.73 Å². The van der Waals surface area contributed by atoms with E-state index in [2.05, 4.69) is 16.0 Å². The zero-order chi connectivity index (χ0) is 16.8. The van der Waals surface area contributed by atoms with Gasteiger partial charge in [0.25, 0.3) is 0 Å². The van der Waals surface area contributed by atoms with Crippen LogP contribution >= 0.6 is 7.60 Å². The topological polar surface area (TPSA) is 171 Å². The van der Waals surface area contributed by atoms with Crippen molar-refractivity contribution in [1.82, 2.24) is 16.0 Å². The molecule has 3 amide bonds. The molecule has 0 aliphatic rings. The normalized spacial score (nSPS) is 15.5. The van der Waals surface area contributed by atoms with Crippen LogP contribution in [0.5, 0.6) is 0 Å². The second-order valence-electron chi connectivity index (χ2n) is 4.50. The maximum Gasteiger partial charge on any atom is 0.347 e. The van der Waals surface area contributed by atoms with Crippen molar-refractivity contribution in [2.45, 2.75) is 38.6 Å². The summed E-state index contributed by atoms with van der Waals surface area (Å²) in [6.45, 7) is 3.63. The van der Waals surface area contributed by atoms with E-state index in [0.29, 0.717) is 0 Å². The standard InChI is InChI=1S/C10H21N4O6P/c1-5(12-8(15)4-11)9(16)13-6(2)10(17)14-7(3)21(18,19)20/h5-7H,4,11H2,1-3H3,(H,12,15)(H,13,16)(H,14,17)(H2,18,19,20)/t5-,6-,7+/m0/s1. The van der Waals surface area contributed by atoms with Crippen molar-refractivity contribution in [2.75, 3.05) is 6.54 Å². The maximum absolute atomic E-state index is 11.7.